The average Bonchev–Trinajstić information content (AvgIpc) is 3.02. The van der Waals surface area contributed by atoms with Crippen molar-refractivity contribution in [3.8, 4) is 11.5 Å². The number of aromatic carboxylic acids is 1. The molecule has 3 rings (SSSR count). The molecule has 5 N–H and O–H groups in total. The van der Waals surface area contributed by atoms with Crippen LogP contribution in [-0.4, -0.2) is 82.1 Å². The van der Waals surface area contributed by atoms with Crippen LogP contribution in [0.3, 0.4) is 0 Å². The highest BCUT2D eigenvalue weighted by molar-refractivity contribution is 6.41. The summed E-state index contributed by atoms with van der Waals surface area (Å²) in [5, 5.41) is 40.3. The number of hydrogen-bond donors (Lipinski definition) is 5. The van der Waals surface area contributed by atoms with Gasteiger partial charge >= 0.3 is 13.1 Å². The smallest absolute Gasteiger partial charge is 0.451 e. The minimum Gasteiger partial charge on any atom is -0.507 e. The molecule has 2 aliphatic heterocycles. The lowest BCUT2D eigenvalue weighted by atomic mass is 9.82. The number of hydrogen-bond acceptors (Lipinski definition) is 7. The number of carboxylic acids is 1. The predicted molar refractivity (Wildman–Crippen MR) is 96.1 cm³/mol. The summed E-state index contributed by atoms with van der Waals surface area (Å²) >= 11 is 0. The summed E-state index contributed by atoms with van der Waals surface area (Å²) in [7, 11) is -1.57. The van der Waals surface area contributed by atoms with Gasteiger partial charge in [-0.2, -0.15) is 0 Å². The molecule has 0 aromatic heterocycles. The maximum atomic E-state index is 13.2. The second kappa shape index (κ2) is 8.33. The van der Waals surface area contributed by atoms with Gasteiger partial charge in [0.25, 0.3) is 0 Å². The van der Waals surface area contributed by atoms with Crippen molar-refractivity contribution in [2.45, 2.75) is 37.5 Å². The van der Waals surface area contributed by atoms with Crippen LogP contribution in [0, 0.1) is 0 Å². The fraction of sp³-hybridized carbons (Fsp3) is 0.529. The Bertz CT molecular complexity index is 757. The topological polar surface area (TPSA) is 140 Å². The van der Waals surface area contributed by atoms with Crippen molar-refractivity contribution in [3.63, 3.8) is 0 Å². The van der Waals surface area contributed by atoms with Crippen molar-refractivity contribution in [1.29, 1.82) is 0 Å². The van der Waals surface area contributed by atoms with Gasteiger partial charge in [0.15, 0.2) is 0 Å². The number of amides is 1. The van der Waals surface area contributed by atoms with Crippen molar-refractivity contribution in [2.75, 3.05) is 19.6 Å². The van der Waals surface area contributed by atoms with Crippen LogP contribution in [-0.2, 0) is 11.2 Å². The first-order valence-electron chi connectivity index (χ1n) is 9.03. The first-order chi connectivity index (χ1) is 13.3. The molecule has 2 saturated heterocycles. The number of likely N-dealkylation sites (tertiary alicyclic amines) is 1. The Morgan fingerprint density at radius 1 is 1.32 bits per heavy atom. The summed E-state index contributed by atoms with van der Waals surface area (Å²) in [6.45, 7) is 0.642. The van der Waals surface area contributed by atoms with Gasteiger partial charge in [-0.05, 0) is 24.4 Å². The second-order valence-corrected chi connectivity index (χ2v) is 7.05. The lowest BCUT2D eigenvalue weighted by Crippen LogP contribution is -2.59. The van der Waals surface area contributed by atoms with Gasteiger partial charge in [-0.1, -0.05) is 6.07 Å². The summed E-state index contributed by atoms with van der Waals surface area (Å²) in [4.78, 5) is 25.3. The Morgan fingerprint density at radius 3 is 2.61 bits per heavy atom. The molecule has 11 heteroatoms. The number of halogens is 1. The number of rotatable bonds is 7. The zero-order valence-electron chi connectivity index (χ0n) is 15.0. The highest BCUT2D eigenvalue weighted by atomic mass is 19.1. The van der Waals surface area contributed by atoms with Crippen LogP contribution < -0.4 is 10.1 Å². The highest BCUT2D eigenvalue weighted by Gasteiger charge is 2.39. The minimum absolute atomic E-state index is 0.0294. The number of aromatic hydroxyl groups is 1. The molecule has 2 fully saturated rings. The number of carbonyl (C=O) groups is 2. The lowest BCUT2D eigenvalue weighted by Gasteiger charge is -2.40. The number of aryl methyl sites for hydroxylation is 1. The lowest BCUT2D eigenvalue weighted by molar-refractivity contribution is -0.142. The second-order valence-electron chi connectivity index (χ2n) is 7.05. The van der Waals surface area contributed by atoms with Gasteiger partial charge in [0.2, 0.25) is 5.91 Å². The Kier molecular flexibility index (Phi) is 6.06. The number of benzene rings is 1. The summed E-state index contributed by atoms with van der Waals surface area (Å²) < 4.78 is 18.8. The third-order valence-corrected chi connectivity index (χ3v) is 4.94. The number of alkyl halides is 1. The van der Waals surface area contributed by atoms with Gasteiger partial charge in [-0.25, -0.2) is 9.18 Å². The molecular weight excluding hydrogens is 374 g/mol. The maximum absolute atomic E-state index is 13.2. The fourth-order valence-electron chi connectivity index (χ4n) is 3.38. The molecule has 1 aromatic carbocycles. The van der Waals surface area contributed by atoms with Crippen LogP contribution in [0.2, 0.25) is 6.32 Å². The number of ether oxygens (including phenoxy) is 1. The Labute approximate surface area is 160 Å². The van der Waals surface area contributed by atoms with Crippen molar-refractivity contribution >= 4 is 19.0 Å². The quantitative estimate of drug-likeness (QED) is 0.385. The molecule has 0 radical (unpaired) electrons. The number of carbonyl (C=O) groups excluding carboxylic acids is 1. The Morgan fingerprint density at radius 2 is 2.04 bits per heavy atom. The van der Waals surface area contributed by atoms with Crippen LogP contribution in [0.5, 0.6) is 11.5 Å². The van der Waals surface area contributed by atoms with E-state index in [1.807, 2.05) is 0 Å². The van der Waals surface area contributed by atoms with Crippen LogP contribution >= 0.6 is 0 Å². The SMILES string of the molecule is O=C(O)c1c(OC2CN(C(=O)[C@@H]3C[C@H](F)CN3)C2)ccc(CCB(O)O)c1O. The summed E-state index contributed by atoms with van der Waals surface area (Å²) in [5.74, 6) is -2.10. The molecule has 1 amide bonds. The largest absolute Gasteiger partial charge is 0.507 e. The van der Waals surface area contributed by atoms with E-state index in [2.05, 4.69) is 5.32 Å². The Balaban J connectivity index is 1.62. The van der Waals surface area contributed by atoms with E-state index >= 15 is 0 Å². The minimum atomic E-state index is -1.57. The van der Waals surface area contributed by atoms with Crippen LogP contribution in [0.15, 0.2) is 12.1 Å². The van der Waals surface area contributed by atoms with Gasteiger partial charge < -0.3 is 35.2 Å². The molecule has 0 unspecified atom stereocenters. The van der Waals surface area contributed by atoms with E-state index in [0.717, 1.165) is 0 Å². The van der Waals surface area contributed by atoms with Gasteiger partial charge in [-0.3, -0.25) is 4.79 Å². The van der Waals surface area contributed by atoms with Crippen LogP contribution in [0.25, 0.3) is 0 Å². The monoisotopic (exact) mass is 396 g/mol. The number of phenols is 1. The van der Waals surface area contributed by atoms with E-state index in [9.17, 15) is 24.2 Å². The van der Waals surface area contributed by atoms with Gasteiger partial charge in [0.05, 0.1) is 19.1 Å². The average molecular weight is 396 g/mol. The summed E-state index contributed by atoms with van der Waals surface area (Å²) in [6.07, 6.45) is -1.30. The first-order valence-corrected chi connectivity index (χ1v) is 9.03. The van der Waals surface area contributed by atoms with Crippen molar-refractivity contribution in [2.24, 2.45) is 0 Å². The molecule has 9 nitrogen and oxygen atoms in total. The molecule has 0 saturated carbocycles. The molecule has 0 spiro atoms. The van der Waals surface area contributed by atoms with E-state index in [1.165, 1.54) is 17.0 Å². The zero-order valence-corrected chi connectivity index (χ0v) is 15.0. The maximum Gasteiger partial charge on any atom is 0.451 e. The molecule has 2 aliphatic rings. The molecule has 2 heterocycles. The third-order valence-electron chi connectivity index (χ3n) is 4.94. The standard InChI is InChI=1S/C17H22BFN2O7/c19-10-5-12(20-6-10)16(23)21-7-11(8-21)28-13-2-1-9(3-4-18(26)27)15(22)14(13)17(24)25/h1-2,10-12,20,22,26-27H,3-8H2,(H,24,25)/t10-,12-/m0/s1. The van der Waals surface area contributed by atoms with Crippen LogP contribution in [0.4, 0.5) is 4.39 Å². The van der Waals surface area contributed by atoms with Crippen molar-refractivity contribution in [1.82, 2.24) is 10.2 Å². The van der Waals surface area contributed by atoms with E-state index in [-0.39, 0.29) is 56.0 Å². The normalized spacial score (nSPS) is 22.0. The van der Waals surface area contributed by atoms with Crippen molar-refractivity contribution in [3.05, 3.63) is 23.3 Å². The summed E-state index contributed by atoms with van der Waals surface area (Å²) in [6, 6.07) is 2.32. The summed E-state index contributed by atoms with van der Waals surface area (Å²) in [5.41, 5.74) is -0.149. The Hall–Kier alpha value is -2.37. The zero-order chi connectivity index (χ0) is 20.4. The van der Waals surface area contributed by atoms with Gasteiger partial charge in [0, 0.05) is 13.0 Å². The molecule has 28 heavy (non-hydrogen) atoms. The molecule has 0 aliphatic carbocycles. The molecule has 0 bridgehead atoms. The number of nitrogens with zero attached hydrogens (tertiary/aromatic N) is 1. The number of nitrogens with one attached hydrogen (secondary N) is 1. The van der Waals surface area contributed by atoms with E-state index in [4.69, 9.17) is 14.8 Å². The van der Waals surface area contributed by atoms with Crippen LogP contribution in [0.1, 0.15) is 22.3 Å². The third kappa shape index (κ3) is 4.37. The fourth-order valence-corrected chi connectivity index (χ4v) is 3.38. The van der Waals surface area contributed by atoms with E-state index in [0.29, 0.717) is 0 Å². The molecule has 1 aromatic rings. The van der Waals surface area contributed by atoms with E-state index in [1.54, 1.807) is 0 Å². The molecule has 2 atom stereocenters. The predicted octanol–water partition coefficient (Wildman–Crippen LogP) is -0.605. The van der Waals surface area contributed by atoms with Gasteiger partial charge in [-0.15, -0.1) is 0 Å². The van der Waals surface area contributed by atoms with Crippen molar-refractivity contribution < 1.29 is 39.0 Å². The van der Waals surface area contributed by atoms with E-state index < -0.39 is 42.7 Å². The van der Waals surface area contributed by atoms with Gasteiger partial charge in [0.1, 0.15) is 29.3 Å². The number of carboxylic acid groups (broad SMARTS) is 1. The highest BCUT2D eigenvalue weighted by Crippen LogP contribution is 2.34. The molecule has 152 valence electrons. The molecular formula is C17H22BFN2O7. The first kappa shape index (κ1) is 20.4.